The molecule has 0 fully saturated rings. The second kappa shape index (κ2) is 3.67. The van der Waals surface area contributed by atoms with Crippen molar-refractivity contribution in [2.45, 2.75) is 0 Å². The van der Waals surface area contributed by atoms with E-state index >= 15 is 0 Å². The van der Waals surface area contributed by atoms with Gasteiger partial charge in [-0.3, -0.25) is 4.79 Å². The summed E-state index contributed by atoms with van der Waals surface area (Å²) in [6, 6.07) is 3.39. The molecule has 84 valence electrons. The van der Waals surface area contributed by atoms with Crippen LogP contribution in [0.15, 0.2) is 30.7 Å². The van der Waals surface area contributed by atoms with Crippen LogP contribution in [0.2, 0.25) is 0 Å². The normalized spacial score (nSPS) is 10.6. The fourth-order valence-electron chi connectivity index (χ4n) is 1.42. The number of hydrogen-bond acceptors (Lipinski definition) is 5. The molecule has 0 saturated heterocycles. The van der Waals surface area contributed by atoms with E-state index in [1.807, 2.05) is 0 Å². The number of nitrogens with one attached hydrogen (secondary N) is 2. The lowest BCUT2D eigenvalue weighted by Gasteiger charge is -2.04. The predicted molar refractivity (Wildman–Crippen MR) is 57.3 cm³/mol. The quantitative estimate of drug-likeness (QED) is 0.649. The lowest BCUT2D eigenvalue weighted by atomic mass is 10.4. The third-order valence-corrected chi connectivity index (χ3v) is 2.18. The van der Waals surface area contributed by atoms with E-state index < -0.39 is 0 Å². The summed E-state index contributed by atoms with van der Waals surface area (Å²) in [5, 5.41) is 16.3. The van der Waals surface area contributed by atoms with E-state index in [2.05, 4.69) is 30.8 Å². The summed E-state index contributed by atoms with van der Waals surface area (Å²) in [6.45, 7) is 0. The van der Waals surface area contributed by atoms with Gasteiger partial charge in [0.2, 0.25) is 0 Å². The van der Waals surface area contributed by atoms with Crippen LogP contribution in [0.3, 0.4) is 0 Å². The minimum atomic E-state index is -0.359. The van der Waals surface area contributed by atoms with Crippen LogP contribution in [0.5, 0.6) is 0 Å². The molecule has 3 rings (SSSR count). The molecular formula is C9H7N7O. The molecular weight excluding hydrogens is 222 g/mol. The molecule has 0 radical (unpaired) electrons. The highest BCUT2D eigenvalue weighted by atomic mass is 16.2. The highest BCUT2D eigenvalue weighted by Crippen LogP contribution is 2.09. The third kappa shape index (κ3) is 1.61. The first kappa shape index (κ1) is 9.46. The first-order valence-corrected chi connectivity index (χ1v) is 4.80. The van der Waals surface area contributed by atoms with Crippen molar-refractivity contribution in [2.24, 2.45) is 0 Å². The zero-order chi connectivity index (χ0) is 11.7. The predicted octanol–water partition coefficient (Wildman–Crippen LogP) is 0.0997. The van der Waals surface area contributed by atoms with E-state index in [4.69, 9.17) is 0 Å². The number of aromatic nitrogens is 6. The molecule has 17 heavy (non-hydrogen) atoms. The van der Waals surface area contributed by atoms with E-state index in [0.29, 0.717) is 11.5 Å². The summed E-state index contributed by atoms with van der Waals surface area (Å²) in [6.07, 6.45) is 4.54. The molecule has 0 unspecified atom stereocenters. The average Bonchev–Trinajstić information content (AvgIpc) is 3.00. The highest BCUT2D eigenvalue weighted by molar-refractivity contribution is 6.02. The molecule has 3 aromatic rings. The molecule has 8 heteroatoms. The van der Waals surface area contributed by atoms with Gasteiger partial charge in [-0.2, -0.15) is 25.0 Å². The fraction of sp³-hybridized carbons (Fsp3) is 0. The van der Waals surface area contributed by atoms with Gasteiger partial charge in [-0.05, 0) is 6.07 Å². The second-order valence-corrected chi connectivity index (χ2v) is 3.24. The van der Waals surface area contributed by atoms with Gasteiger partial charge in [0, 0.05) is 12.3 Å². The van der Waals surface area contributed by atoms with E-state index in [-0.39, 0.29) is 11.6 Å². The third-order valence-electron chi connectivity index (χ3n) is 2.18. The molecule has 0 aliphatic rings. The van der Waals surface area contributed by atoms with Crippen molar-refractivity contribution in [3.8, 4) is 0 Å². The van der Waals surface area contributed by atoms with Gasteiger partial charge in [-0.15, -0.1) is 0 Å². The number of rotatable bonds is 2. The van der Waals surface area contributed by atoms with Crippen LogP contribution in [-0.4, -0.2) is 35.9 Å². The molecule has 0 bridgehead atoms. The minimum absolute atomic E-state index is 0.210. The van der Waals surface area contributed by atoms with Crippen molar-refractivity contribution < 1.29 is 4.79 Å². The van der Waals surface area contributed by atoms with E-state index in [1.54, 1.807) is 24.5 Å². The molecule has 8 nitrogen and oxygen atoms in total. The number of fused-ring (bicyclic) bond motifs is 1. The summed E-state index contributed by atoms with van der Waals surface area (Å²) < 4.78 is 1.53. The Morgan fingerprint density at radius 3 is 3.12 bits per heavy atom. The Morgan fingerprint density at radius 2 is 2.29 bits per heavy atom. The van der Waals surface area contributed by atoms with Crippen molar-refractivity contribution in [3.63, 3.8) is 0 Å². The maximum atomic E-state index is 11.7. The number of carbonyl (C=O) groups excluding carboxylic acids is 1. The van der Waals surface area contributed by atoms with Crippen molar-refractivity contribution in [3.05, 3.63) is 36.4 Å². The summed E-state index contributed by atoms with van der Waals surface area (Å²) in [4.78, 5) is 15.8. The monoisotopic (exact) mass is 229 g/mol. The number of amides is 1. The van der Waals surface area contributed by atoms with Crippen molar-refractivity contribution in [2.75, 3.05) is 5.32 Å². The SMILES string of the molecule is O=C(Nc1ccnc2ccnn12)c1cn[nH]n1. The maximum Gasteiger partial charge on any atom is 0.278 e. The van der Waals surface area contributed by atoms with E-state index in [0.717, 1.165) is 0 Å². The van der Waals surface area contributed by atoms with Crippen LogP contribution in [0, 0.1) is 0 Å². The van der Waals surface area contributed by atoms with Crippen molar-refractivity contribution >= 4 is 17.4 Å². The van der Waals surface area contributed by atoms with Crippen LogP contribution in [0.1, 0.15) is 10.5 Å². The molecule has 0 saturated carbocycles. The molecule has 1 amide bonds. The van der Waals surface area contributed by atoms with Gasteiger partial charge in [0.1, 0.15) is 5.82 Å². The molecule has 0 atom stereocenters. The van der Waals surface area contributed by atoms with Crippen LogP contribution in [0.4, 0.5) is 5.82 Å². The second-order valence-electron chi connectivity index (χ2n) is 3.24. The van der Waals surface area contributed by atoms with Gasteiger partial charge < -0.3 is 5.32 Å². The average molecular weight is 229 g/mol. The van der Waals surface area contributed by atoms with Gasteiger partial charge in [-0.25, -0.2) is 4.98 Å². The van der Waals surface area contributed by atoms with Crippen LogP contribution in [0.25, 0.3) is 5.65 Å². The zero-order valence-electron chi connectivity index (χ0n) is 8.53. The Labute approximate surface area is 94.7 Å². The van der Waals surface area contributed by atoms with Crippen LogP contribution >= 0.6 is 0 Å². The largest absolute Gasteiger partial charge is 0.305 e. The molecule has 2 N–H and O–H groups in total. The zero-order valence-corrected chi connectivity index (χ0v) is 8.53. The number of anilines is 1. The Balaban J connectivity index is 1.95. The number of carbonyl (C=O) groups is 1. The summed E-state index contributed by atoms with van der Waals surface area (Å²) >= 11 is 0. The molecule has 0 aromatic carbocycles. The molecule has 3 heterocycles. The Hall–Kier alpha value is -2.77. The van der Waals surface area contributed by atoms with Gasteiger partial charge in [0.25, 0.3) is 5.91 Å². The van der Waals surface area contributed by atoms with Crippen molar-refractivity contribution in [1.82, 2.24) is 30.0 Å². The number of hydrogen-bond donors (Lipinski definition) is 2. The highest BCUT2D eigenvalue weighted by Gasteiger charge is 2.11. The molecule has 3 aromatic heterocycles. The maximum absolute atomic E-state index is 11.7. The lowest BCUT2D eigenvalue weighted by molar-refractivity contribution is 0.102. The summed E-state index contributed by atoms with van der Waals surface area (Å²) in [5.41, 5.74) is 0.866. The Morgan fingerprint density at radius 1 is 1.35 bits per heavy atom. The van der Waals surface area contributed by atoms with Crippen LogP contribution < -0.4 is 5.32 Å². The molecule has 0 aliphatic heterocycles. The van der Waals surface area contributed by atoms with Gasteiger partial charge in [-0.1, -0.05) is 0 Å². The fourth-order valence-corrected chi connectivity index (χ4v) is 1.42. The van der Waals surface area contributed by atoms with Gasteiger partial charge >= 0.3 is 0 Å². The van der Waals surface area contributed by atoms with E-state index in [1.165, 1.54) is 10.7 Å². The van der Waals surface area contributed by atoms with Crippen LogP contribution in [-0.2, 0) is 0 Å². The summed E-state index contributed by atoms with van der Waals surface area (Å²) in [5.74, 6) is 0.162. The number of nitrogens with zero attached hydrogens (tertiary/aromatic N) is 5. The van der Waals surface area contributed by atoms with Gasteiger partial charge in [0.05, 0.1) is 12.4 Å². The first-order valence-electron chi connectivity index (χ1n) is 4.80. The standard InChI is InChI=1S/C9H7N7O/c17-9(6-5-11-15-14-6)13-8-1-3-10-7-2-4-12-16(7)8/h1-5H,(H,13,17)(H,11,14,15). The van der Waals surface area contributed by atoms with Crippen molar-refractivity contribution in [1.29, 1.82) is 0 Å². The number of H-pyrrole nitrogens is 1. The lowest BCUT2D eigenvalue weighted by Crippen LogP contribution is -2.15. The minimum Gasteiger partial charge on any atom is -0.305 e. The number of aromatic amines is 1. The Kier molecular flexibility index (Phi) is 2.04. The molecule has 0 aliphatic carbocycles. The smallest absolute Gasteiger partial charge is 0.278 e. The first-order chi connectivity index (χ1) is 8.34. The van der Waals surface area contributed by atoms with E-state index in [9.17, 15) is 4.79 Å². The van der Waals surface area contributed by atoms with Gasteiger partial charge in [0.15, 0.2) is 11.3 Å². The Bertz CT molecular complexity index is 657. The molecule has 0 spiro atoms. The summed E-state index contributed by atoms with van der Waals surface area (Å²) in [7, 11) is 0. The topological polar surface area (TPSA) is 101 Å².